The monoisotopic (exact) mass is 266 g/mol. The molecule has 1 unspecified atom stereocenters. The average molecular weight is 266 g/mol. The zero-order valence-electron chi connectivity index (χ0n) is 10.9. The average Bonchev–Trinajstić information content (AvgIpc) is 2.53. The van der Waals surface area contributed by atoms with Crippen molar-refractivity contribution >= 4 is 17.7 Å². The molecule has 0 bridgehead atoms. The summed E-state index contributed by atoms with van der Waals surface area (Å²) in [6, 6.07) is 2.99. The Morgan fingerprint density at radius 2 is 2.11 bits per heavy atom. The molecule has 2 rings (SSSR count). The van der Waals surface area contributed by atoms with Crippen LogP contribution in [0.2, 0.25) is 0 Å². The van der Waals surface area contributed by atoms with Crippen LogP contribution in [0.1, 0.15) is 32.4 Å². The minimum Gasteiger partial charge on any atom is -0.444 e. The number of hydrogen-bond donors (Lipinski definition) is 2. The van der Waals surface area contributed by atoms with Crippen molar-refractivity contribution in [2.75, 3.05) is 5.32 Å². The van der Waals surface area contributed by atoms with Gasteiger partial charge in [0.1, 0.15) is 17.5 Å². The highest BCUT2D eigenvalue weighted by atomic mass is 19.1. The van der Waals surface area contributed by atoms with Crippen molar-refractivity contribution in [3.05, 3.63) is 29.6 Å². The van der Waals surface area contributed by atoms with E-state index < -0.39 is 29.5 Å². The zero-order chi connectivity index (χ0) is 14.2. The van der Waals surface area contributed by atoms with Crippen molar-refractivity contribution in [3.8, 4) is 0 Å². The first-order chi connectivity index (χ1) is 8.76. The maximum atomic E-state index is 13.2. The maximum Gasteiger partial charge on any atom is 0.408 e. The summed E-state index contributed by atoms with van der Waals surface area (Å²) < 4.78 is 18.3. The molecule has 19 heavy (non-hydrogen) atoms. The Morgan fingerprint density at radius 3 is 2.74 bits per heavy atom. The van der Waals surface area contributed by atoms with Gasteiger partial charge in [0.15, 0.2) is 0 Å². The molecule has 102 valence electrons. The van der Waals surface area contributed by atoms with E-state index in [4.69, 9.17) is 4.74 Å². The molecular weight excluding hydrogens is 251 g/mol. The van der Waals surface area contributed by atoms with Gasteiger partial charge in [0, 0.05) is 11.3 Å². The minimum atomic E-state index is -0.930. The Hall–Kier alpha value is -2.11. The first kappa shape index (κ1) is 13.3. The van der Waals surface area contributed by atoms with Crippen molar-refractivity contribution in [3.63, 3.8) is 0 Å². The number of rotatable bonds is 1. The van der Waals surface area contributed by atoms with Gasteiger partial charge in [-0.25, -0.2) is 9.18 Å². The lowest BCUT2D eigenvalue weighted by Crippen LogP contribution is -2.37. The molecule has 1 aromatic rings. The van der Waals surface area contributed by atoms with Crippen molar-refractivity contribution in [1.29, 1.82) is 0 Å². The van der Waals surface area contributed by atoms with E-state index >= 15 is 0 Å². The minimum absolute atomic E-state index is 0.399. The number of hydrogen-bond acceptors (Lipinski definition) is 3. The third kappa shape index (κ3) is 3.01. The molecule has 0 fully saturated rings. The van der Waals surface area contributed by atoms with E-state index in [9.17, 15) is 14.0 Å². The number of amides is 2. The van der Waals surface area contributed by atoms with Crippen LogP contribution in [0.4, 0.5) is 14.9 Å². The Balaban J connectivity index is 2.16. The van der Waals surface area contributed by atoms with Crippen LogP contribution in [0.25, 0.3) is 0 Å². The number of alkyl carbamates (subject to hydrolysis) is 1. The molecule has 0 saturated carbocycles. The van der Waals surface area contributed by atoms with Crippen molar-refractivity contribution in [2.45, 2.75) is 32.4 Å². The number of anilines is 1. The molecular formula is C13H15FN2O3. The molecule has 0 aliphatic carbocycles. The standard InChI is InChI=1S/C13H15FN2O3/c1-13(2,3)19-12(18)16-10-8-6-7(14)4-5-9(8)15-11(10)17/h4-6,10H,1-3H3,(H,15,17)(H,16,18). The Morgan fingerprint density at radius 1 is 1.42 bits per heavy atom. The molecule has 2 N–H and O–H groups in total. The first-order valence-corrected chi connectivity index (χ1v) is 5.86. The van der Waals surface area contributed by atoms with Crippen LogP contribution < -0.4 is 10.6 Å². The van der Waals surface area contributed by atoms with E-state index in [0.29, 0.717) is 11.3 Å². The molecule has 6 heteroatoms. The highest BCUT2D eigenvalue weighted by Crippen LogP contribution is 2.31. The van der Waals surface area contributed by atoms with Gasteiger partial charge in [0.05, 0.1) is 0 Å². The van der Waals surface area contributed by atoms with E-state index in [-0.39, 0.29) is 0 Å². The SMILES string of the molecule is CC(C)(C)OC(=O)NC1C(=O)Nc2ccc(F)cc21. The summed E-state index contributed by atoms with van der Waals surface area (Å²) in [6.07, 6.45) is -0.718. The Labute approximate surface area is 110 Å². The van der Waals surface area contributed by atoms with Crippen molar-refractivity contribution in [2.24, 2.45) is 0 Å². The quantitative estimate of drug-likeness (QED) is 0.819. The summed E-state index contributed by atoms with van der Waals surface area (Å²) in [5, 5.41) is 5.00. The zero-order valence-corrected chi connectivity index (χ0v) is 10.9. The number of fused-ring (bicyclic) bond motifs is 1. The molecule has 1 aliphatic heterocycles. The normalized spacial score (nSPS) is 17.7. The molecule has 0 radical (unpaired) electrons. The Bertz CT molecular complexity index is 537. The molecule has 1 heterocycles. The molecule has 2 amide bonds. The molecule has 5 nitrogen and oxygen atoms in total. The van der Waals surface area contributed by atoms with Crippen molar-refractivity contribution < 1.29 is 18.7 Å². The maximum absolute atomic E-state index is 13.2. The van der Waals surface area contributed by atoms with Gasteiger partial charge in [-0.1, -0.05) is 0 Å². The molecule has 1 aromatic carbocycles. The van der Waals surface area contributed by atoms with Crippen LogP contribution in [0.15, 0.2) is 18.2 Å². The number of carbonyl (C=O) groups excluding carboxylic acids is 2. The lowest BCUT2D eigenvalue weighted by atomic mass is 10.1. The summed E-state index contributed by atoms with van der Waals surface area (Å²) >= 11 is 0. The fourth-order valence-corrected chi connectivity index (χ4v) is 1.80. The number of carbonyl (C=O) groups is 2. The number of halogens is 1. The van der Waals surface area contributed by atoms with Crippen LogP contribution in [-0.4, -0.2) is 17.6 Å². The summed E-state index contributed by atoms with van der Waals surface area (Å²) in [5.74, 6) is -0.877. The Kier molecular flexibility index (Phi) is 3.18. The van der Waals surface area contributed by atoms with Crippen LogP contribution in [-0.2, 0) is 9.53 Å². The van der Waals surface area contributed by atoms with Gasteiger partial charge in [-0.2, -0.15) is 0 Å². The topological polar surface area (TPSA) is 67.4 Å². The third-order valence-corrected chi connectivity index (χ3v) is 2.51. The second-order valence-electron chi connectivity index (χ2n) is 5.30. The van der Waals surface area contributed by atoms with E-state index in [1.165, 1.54) is 18.2 Å². The largest absolute Gasteiger partial charge is 0.444 e. The fourth-order valence-electron chi connectivity index (χ4n) is 1.80. The molecule has 0 spiro atoms. The van der Waals surface area contributed by atoms with Crippen LogP contribution >= 0.6 is 0 Å². The van der Waals surface area contributed by atoms with Gasteiger partial charge in [-0.05, 0) is 39.0 Å². The summed E-state index contributed by atoms with van der Waals surface area (Å²) in [4.78, 5) is 23.4. The molecule has 1 aliphatic rings. The summed E-state index contributed by atoms with van der Waals surface area (Å²) in [6.45, 7) is 5.15. The van der Waals surface area contributed by atoms with Gasteiger partial charge in [-0.3, -0.25) is 4.79 Å². The third-order valence-electron chi connectivity index (χ3n) is 2.51. The molecule has 0 aromatic heterocycles. The highest BCUT2D eigenvalue weighted by molar-refractivity contribution is 6.03. The predicted octanol–water partition coefficient (Wildman–Crippen LogP) is 2.34. The second kappa shape index (κ2) is 4.53. The van der Waals surface area contributed by atoms with E-state index in [2.05, 4.69) is 10.6 Å². The lowest BCUT2D eigenvalue weighted by molar-refractivity contribution is -0.117. The smallest absolute Gasteiger partial charge is 0.408 e. The number of ether oxygens (including phenoxy) is 1. The van der Waals surface area contributed by atoms with Gasteiger partial charge >= 0.3 is 6.09 Å². The lowest BCUT2D eigenvalue weighted by Gasteiger charge is -2.21. The van der Waals surface area contributed by atoms with Crippen LogP contribution in [0, 0.1) is 5.82 Å². The van der Waals surface area contributed by atoms with Gasteiger partial charge in [-0.15, -0.1) is 0 Å². The predicted molar refractivity (Wildman–Crippen MR) is 67.1 cm³/mol. The fraction of sp³-hybridized carbons (Fsp3) is 0.385. The molecule has 0 saturated heterocycles. The number of benzene rings is 1. The number of nitrogens with one attached hydrogen (secondary N) is 2. The van der Waals surface area contributed by atoms with Crippen LogP contribution in [0.3, 0.4) is 0 Å². The second-order valence-corrected chi connectivity index (χ2v) is 5.30. The highest BCUT2D eigenvalue weighted by Gasteiger charge is 2.33. The van der Waals surface area contributed by atoms with Gasteiger partial charge in [0.2, 0.25) is 0 Å². The van der Waals surface area contributed by atoms with Crippen LogP contribution in [0.5, 0.6) is 0 Å². The van der Waals surface area contributed by atoms with Gasteiger partial charge in [0.25, 0.3) is 5.91 Å². The summed E-state index contributed by atoms with van der Waals surface area (Å²) in [5.41, 5.74) is 0.229. The van der Waals surface area contributed by atoms with Crippen molar-refractivity contribution in [1.82, 2.24) is 5.32 Å². The summed E-state index contributed by atoms with van der Waals surface area (Å²) in [7, 11) is 0. The first-order valence-electron chi connectivity index (χ1n) is 5.86. The van der Waals surface area contributed by atoms with E-state index in [1.807, 2.05) is 0 Å². The molecule has 1 atom stereocenters. The van der Waals surface area contributed by atoms with E-state index in [0.717, 1.165) is 0 Å². The van der Waals surface area contributed by atoms with E-state index in [1.54, 1.807) is 20.8 Å². The van der Waals surface area contributed by atoms with Gasteiger partial charge < -0.3 is 15.4 Å².